The Balaban J connectivity index is 2.96. The first-order valence-corrected chi connectivity index (χ1v) is 6.23. The van der Waals surface area contributed by atoms with Crippen molar-refractivity contribution in [3.8, 4) is 0 Å². The van der Waals surface area contributed by atoms with E-state index in [9.17, 15) is 17.2 Å². The summed E-state index contributed by atoms with van der Waals surface area (Å²) in [6.07, 6.45) is 0. The number of thiophene rings is 1. The van der Waals surface area contributed by atoms with Crippen molar-refractivity contribution in [3.63, 3.8) is 0 Å². The van der Waals surface area contributed by atoms with Crippen molar-refractivity contribution in [1.29, 1.82) is 0 Å². The van der Waals surface area contributed by atoms with Gasteiger partial charge in [-0.05, 0) is 18.4 Å². The lowest BCUT2D eigenvalue weighted by atomic mass is 10.5. The van der Waals surface area contributed by atoms with Crippen molar-refractivity contribution in [2.24, 2.45) is 0 Å². The largest absolute Gasteiger partial charge is 0.222 e. The Labute approximate surface area is 84.8 Å². The molecule has 0 N–H and O–H groups in total. The highest BCUT2D eigenvalue weighted by atomic mass is 32.2. The number of sulfone groups is 1. The van der Waals surface area contributed by atoms with E-state index < -0.39 is 27.2 Å². The summed E-state index contributed by atoms with van der Waals surface area (Å²) in [6.45, 7) is 0.888. The molecule has 1 rings (SSSR count). The maximum atomic E-state index is 12.7. The van der Waals surface area contributed by atoms with Crippen molar-refractivity contribution in [2.75, 3.05) is 5.75 Å². The van der Waals surface area contributed by atoms with Crippen molar-refractivity contribution in [2.45, 2.75) is 11.1 Å². The molecule has 0 radical (unpaired) electrons. The molecular weight excluding hydrogens is 230 g/mol. The molecule has 14 heavy (non-hydrogen) atoms. The Kier molecular flexibility index (Phi) is 3.38. The summed E-state index contributed by atoms with van der Waals surface area (Å²) in [5, 5.41) is 1.57. The predicted molar refractivity (Wildman–Crippen MR) is 51.3 cm³/mol. The van der Waals surface area contributed by atoms with Gasteiger partial charge in [0.1, 0.15) is 21.6 Å². The molecule has 0 amide bonds. The Bertz CT molecular complexity index is 428. The van der Waals surface area contributed by atoms with Gasteiger partial charge in [0.05, 0.1) is 0 Å². The fourth-order valence-electron chi connectivity index (χ4n) is 0.778. The molecule has 0 spiro atoms. The summed E-state index contributed by atoms with van der Waals surface area (Å²) in [5.74, 6) is -3.24. The molecule has 0 aromatic carbocycles. The Morgan fingerprint density at radius 2 is 2.14 bits per heavy atom. The van der Waals surface area contributed by atoms with Crippen LogP contribution in [0.5, 0.6) is 0 Å². The molecule has 0 saturated carbocycles. The average molecular weight is 238 g/mol. The van der Waals surface area contributed by atoms with E-state index in [1.165, 1.54) is 6.07 Å². The highest BCUT2D eigenvalue weighted by molar-refractivity contribution is 7.93. The summed E-state index contributed by atoms with van der Waals surface area (Å²) in [4.78, 5) is 0. The molecule has 0 unspecified atom stereocenters. The molecule has 0 bridgehead atoms. The van der Waals surface area contributed by atoms with Crippen LogP contribution in [-0.2, 0) is 9.84 Å². The highest BCUT2D eigenvalue weighted by Crippen LogP contribution is 2.21. The van der Waals surface area contributed by atoms with Crippen LogP contribution in [0.2, 0.25) is 0 Å². The van der Waals surface area contributed by atoms with Gasteiger partial charge in [0.15, 0.2) is 9.84 Å². The molecule has 2 nitrogen and oxygen atoms in total. The fraction of sp³-hybridized carbons (Fsp3) is 0.250. The van der Waals surface area contributed by atoms with Crippen molar-refractivity contribution < 1.29 is 17.2 Å². The van der Waals surface area contributed by atoms with Gasteiger partial charge in [0.2, 0.25) is 0 Å². The summed E-state index contributed by atoms with van der Waals surface area (Å²) in [7, 11) is -3.72. The Morgan fingerprint density at radius 1 is 1.50 bits per heavy atom. The molecule has 1 aromatic heterocycles. The van der Waals surface area contributed by atoms with E-state index >= 15 is 0 Å². The number of rotatable bonds is 3. The smallest absolute Gasteiger partial charge is 0.194 e. The summed E-state index contributed by atoms with van der Waals surface area (Å²) < 4.78 is 47.9. The van der Waals surface area contributed by atoms with E-state index in [2.05, 4.69) is 0 Å². The monoisotopic (exact) mass is 238 g/mol. The van der Waals surface area contributed by atoms with Gasteiger partial charge in [-0.3, -0.25) is 0 Å². The predicted octanol–water partition coefficient (Wildman–Crippen LogP) is 2.69. The Morgan fingerprint density at radius 3 is 2.57 bits per heavy atom. The first-order valence-electron chi connectivity index (χ1n) is 3.70. The molecule has 0 atom stereocenters. The third-order valence-electron chi connectivity index (χ3n) is 1.49. The SMILES string of the molecule is C/C(F)=C(\F)CS(=O)(=O)c1cccs1. The second-order valence-electron chi connectivity index (χ2n) is 2.63. The van der Waals surface area contributed by atoms with E-state index in [0.717, 1.165) is 18.3 Å². The standard InChI is InChI=1S/C8H8F2O2S2/c1-6(9)7(10)5-14(11,12)8-3-2-4-13-8/h2-4H,5H2,1H3/b7-6+. The number of hydrogen-bond acceptors (Lipinski definition) is 3. The maximum Gasteiger partial charge on any atom is 0.194 e. The van der Waals surface area contributed by atoms with Crippen LogP contribution in [0.3, 0.4) is 0 Å². The molecule has 1 aromatic rings. The van der Waals surface area contributed by atoms with Gasteiger partial charge in [0, 0.05) is 0 Å². The Hall–Kier alpha value is -0.750. The normalized spacial score (nSPS) is 13.9. The summed E-state index contributed by atoms with van der Waals surface area (Å²) in [5.41, 5.74) is 0. The molecule has 78 valence electrons. The van der Waals surface area contributed by atoms with Crippen molar-refractivity contribution in [1.82, 2.24) is 0 Å². The zero-order chi connectivity index (χ0) is 10.8. The minimum atomic E-state index is -3.72. The van der Waals surface area contributed by atoms with Crippen LogP contribution in [-0.4, -0.2) is 14.2 Å². The molecular formula is C8H8F2O2S2. The van der Waals surface area contributed by atoms with E-state index in [-0.39, 0.29) is 4.21 Å². The zero-order valence-corrected chi connectivity index (χ0v) is 8.96. The lowest BCUT2D eigenvalue weighted by molar-refractivity contribution is 0.533. The number of allylic oxidation sites excluding steroid dienone is 1. The van der Waals surface area contributed by atoms with Crippen LogP contribution in [0.25, 0.3) is 0 Å². The van der Waals surface area contributed by atoms with Crippen LogP contribution in [0.1, 0.15) is 6.92 Å². The molecule has 0 aliphatic heterocycles. The molecule has 1 heterocycles. The summed E-state index contributed by atoms with van der Waals surface area (Å²) in [6, 6.07) is 2.91. The van der Waals surface area contributed by atoms with Gasteiger partial charge < -0.3 is 0 Å². The van der Waals surface area contributed by atoms with E-state index in [1.807, 2.05) is 0 Å². The summed E-state index contributed by atoms with van der Waals surface area (Å²) >= 11 is 0.984. The van der Waals surface area contributed by atoms with Crippen molar-refractivity contribution >= 4 is 21.2 Å². The second-order valence-corrected chi connectivity index (χ2v) is 5.79. The maximum absolute atomic E-state index is 12.7. The fourth-order valence-corrected chi connectivity index (χ4v) is 3.12. The van der Waals surface area contributed by atoms with Gasteiger partial charge in [-0.15, -0.1) is 11.3 Å². The van der Waals surface area contributed by atoms with Gasteiger partial charge in [-0.25, -0.2) is 17.2 Å². The third-order valence-corrected chi connectivity index (χ3v) is 4.59. The van der Waals surface area contributed by atoms with Crippen LogP contribution >= 0.6 is 11.3 Å². The van der Waals surface area contributed by atoms with Gasteiger partial charge in [0.25, 0.3) is 0 Å². The molecule has 0 aliphatic carbocycles. The molecule has 6 heteroatoms. The first kappa shape index (κ1) is 11.3. The van der Waals surface area contributed by atoms with Gasteiger partial charge in [-0.1, -0.05) is 6.07 Å². The number of hydrogen-bond donors (Lipinski definition) is 0. The minimum Gasteiger partial charge on any atom is -0.222 e. The minimum absolute atomic E-state index is 0.0499. The van der Waals surface area contributed by atoms with Gasteiger partial charge in [-0.2, -0.15) is 0 Å². The van der Waals surface area contributed by atoms with Crippen LogP contribution in [0.15, 0.2) is 33.4 Å². The highest BCUT2D eigenvalue weighted by Gasteiger charge is 2.19. The topological polar surface area (TPSA) is 34.1 Å². The van der Waals surface area contributed by atoms with E-state index in [1.54, 1.807) is 11.4 Å². The lowest BCUT2D eigenvalue weighted by Crippen LogP contribution is -2.06. The molecule has 0 saturated heterocycles. The third kappa shape index (κ3) is 2.62. The quantitative estimate of drug-likeness (QED) is 0.811. The lowest BCUT2D eigenvalue weighted by Gasteiger charge is -1.99. The number of halogens is 2. The van der Waals surface area contributed by atoms with Crippen LogP contribution in [0, 0.1) is 0 Å². The molecule has 0 fully saturated rings. The van der Waals surface area contributed by atoms with Crippen molar-refractivity contribution in [3.05, 3.63) is 29.2 Å². The van der Waals surface area contributed by atoms with Gasteiger partial charge >= 0.3 is 0 Å². The second kappa shape index (κ2) is 4.18. The van der Waals surface area contributed by atoms with E-state index in [4.69, 9.17) is 0 Å². The van der Waals surface area contributed by atoms with Crippen LogP contribution < -0.4 is 0 Å². The molecule has 0 aliphatic rings. The average Bonchev–Trinajstić information content (AvgIpc) is 2.54. The zero-order valence-electron chi connectivity index (χ0n) is 7.33. The first-order chi connectivity index (χ1) is 6.43. The van der Waals surface area contributed by atoms with E-state index in [0.29, 0.717) is 0 Å². The van der Waals surface area contributed by atoms with Crippen LogP contribution in [0.4, 0.5) is 8.78 Å².